The third kappa shape index (κ3) is 3.25. The van der Waals surface area contributed by atoms with E-state index in [2.05, 4.69) is 20.9 Å². The molecular weight excluding hydrogens is 411 g/mol. The van der Waals surface area contributed by atoms with Gasteiger partial charge in [-0.25, -0.2) is 0 Å². The zero-order valence-electron chi connectivity index (χ0n) is 12.1. The largest absolute Gasteiger partial charge is 0.321 e. The molecule has 6 heteroatoms. The zero-order valence-corrected chi connectivity index (χ0v) is 15.2. The van der Waals surface area contributed by atoms with Crippen molar-refractivity contribution in [1.82, 2.24) is 4.98 Å². The van der Waals surface area contributed by atoms with E-state index in [0.29, 0.717) is 26.9 Å². The van der Waals surface area contributed by atoms with Gasteiger partial charge in [0.25, 0.3) is 5.56 Å². The Morgan fingerprint density at radius 2 is 1.71 bits per heavy atom. The van der Waals surface area contributed by atoms with Gasteiger partial charge in [-0.2, -0.15) is 5.26 Å². The highest BCUT2D eigenvalue weighted by atomic mass is 79.9. The number of benzene rings is 2. The van der Waals surface area contributed by atoms with Gasteiger partial charge in [-0.05, 0) is 35.9 Å². The molecule has 0 aliphatic rings. The highest BCUT2D eigenvalue weighted by molar-refractivity contribution is 9.10. The minimum atomic E-state index is -0.459. The van der Waals surface area contributed by atoms with Crippen molar-refractivity contribution in [2.45, 2.75) is 0 Å². The molecule has 0 fully saturated rings. The molecular formula is C18H9BrCl2N2O. The van der Waals surface area contributed by atoms with Gasteiger partial charge >= 0.3 is 0 Å². The van der Waals surface area contributed by atoms with Gasteiger partial charge in [-0.3, -0.25) is 4.79 Å². The highest BCUT2D eigenvalue weighted by Gasteiger charge is 2.15. The van der Waals surface area contributed by atoms with Crippen molar-refractivity contribution in [3.63, 3.8) is 0 Å². The molecule has 0 atom stereocenters. The van der Waals surface area contributed by atoms with Crippen molar-refractivity contribution in [3.05, 3.63) is 79.0 Å². The zero-order chi connectivity index (χ0) is 17.3. The second-order valence-corrected chi connectivity index (χ2v) is 6.80. The molecule has 0 unspecified atom stereocenters. The Morgan fingerprint density at radius 1 is 1.00 bits per heavy atom. The first-order valence-corrected chi connectivity index (χ1v) is 8.43. The molecule has 0 aliphatic heterocycles. The number of nitrogens with one attached hydrogen (secondary N) is 1. The summed E-state index contributed by atoms with van der Waals surface area (Å²) >= 11 is 15.6. The second-order valence-electron chi connectivity index (χ2n) is 5.04. The normalized spacial score (nSPS) is 10.4. The maximum Gasteiger partial charge on any atom is 0.266 e. The Bertz CT molecular complexity index is 1020. The third-order valence-corrected chi connectivity index (χ3v) is 4.60. The van der Waals surface area contributed by atoms with Crippen molar-refractivity contribution in [2.75, 3.05) is 0 Å². The first kappa shape index (κ1) is 16.8. The fraction of sp³-hybridized carbons (Fsp3) is 0. The Kier molecular flexibility index (Phi) is 4.77. The van der Waals surface area contributed by atoms with Gasteiger partial charge in [0.15, 0.2) is 0 Å². The van der Waals surface area contributed by atoms with Gasteiger partial charge in [0.1, 0.15) is 11.6 Å². The molecule has 0 radical (unpaired) electrons. The van der Waals surface area contributed by atoms with E-state index in [1.54, 1.807) is 24.3 Å². The molecule has 0 saturated carbocycles. The molecule has 3 rings (SSSR count). The maximum atomic E-state index is 12.3. The number of H-pyrrole nitrogens is 1. The lowest BCUT2D eigenvalue weighted by molar-refractivity contribution is 1.22. The van der Waals surface area contributed by atoms with Gasteiger partial charge in [0.05, 0.1) is 0 Å². The number of rotatable bonds is 2. The van der Waals surface area contributed by atoms with E-state index in [0.717, 1.165) is 10.0 Å². The molecule has 0 amide bonds. The summed E-state index contributed by atoms with van der Waals surface area (Å²) in [6.07, 6.45) is 0. The van der Waals surface area contributed by atoms with E-state index >= 15 is 0 Å². The first-order valence-electron chi connectivity index (χ1n) is 6.88. The Morgan fingerprint density at radius 3 is 2.33 bits per heavy atom. The summed E-state index contributed by atoms with van der Waals surface area (Å²) in [6.45, 7) is 0. The first-order chi connectivity index (χ1) is 11.5. The van der Waals surface area contributed by atoms with E-state index < -0.39 is 5.56 Å². The third-order valence-electron chi connectivity index (χ3n) is 3.52. The van der Waals surface area contributed by atoms with Crippen LogP contribution in [0.1, 0.15) is 5.56 Å². The van der Waals surface area contributed by atoms with Crippen LogP contribution in [-0.2, 0) is 0 Å². The molecule has 0 aliphatic carbocycles. The van der Waals surface area contributed by atoms with Gasteiger partial charge in [-0.1, -0.05) is 57.3 Å². The molecule has 0 saturated heterocycles. The minimum absolute atomic E-state index is 0.0140. The van der Waals surface area contributed by atoms with Crippen LogP contribution < -0.4 is 5.56 Å². The molecule has 0 bridgehead atoms. The van der Waals surface area contributed by atoms with Crippen molar-refractivity contribution >= 4 is 39.1 Å². The molecule has 3 nitrogen and oxygen atoms in total. The summed E-state index contributed by atoms with van der Waals surface area (Å²) < 4.78 is 0.934. The number of hydrogen-bond donors (Lipinski definition) is 1. The lowest BCUT2D eigenvalue weighted by Crippen LogP contribution is -2.12. The van der Waals surface area contributed by atoms with E-state index in [4.69, 9.17) is 23.2 Å². The smallest absolute Gasteiger partial charge is 0.266 e. The number of hydrogen-bond acceptors (Lipinski definition) is 2. The van der Waals surface area contributed by atoms with Crippen LogP contribution in [0, 0.1) is 11.3 Å². The maximum absolute atomic E-state index is 12.3. The van der Waals surface area contributed by atoms with Crippen LogP contribution in [0.3, 0.4) is 0 Å². The van der Waals surface area contributed by atoms with Gasteiger partial charge in [0, 0.05) is 31.3 Å². The minimum Gasteiger partial charge on any atom is -0.321 e. The lowest BCUT2D eigenvalue weighted by Gasteiger charge is -2.10. The van der Waals surface area contributed by atoms with Crippen LogP contribution in [-0.4, -0.2) is 4.98 Å². The van der Waals surface area contributed by atoms with E-state index in [1.807, 2.05) is 30.3 Å². The predicted molar refractivity (Wildman–Crippen MR) is 100 cm³/mol. The standard InChI is InChI=1S/C18H9BrCl2N2O/c19-11-3-1-10(2-4-11)17-8-14(15(9-22)18(24)23-17)13-6-5-12(20)7-16(13)21/h1-8H,(H,23,24). The SMILES string of the molecule is N#Cc1c(-c2ccc(Cl)cc2Cl)cc(-c2ccc(Br)cc2)[nH]c1=O. The fourth-order valence-corrected chi connectivity index (χ4v) is 3.15. The van der Waals surface area contributed by atoms with Gasteiger partial charge < -0.3 is 4.98 Å². The van der Waals surface area contributed by atoms with Crippen molar-refractivity contribution in [2.24, 2.45) is 0 Å². The summed E-state index contributed by atoms with van der Waals surface area (Å²) in [6, 6.07) is 16.1. The average Bonchev–Trinajstić information content (AvgIpc) is 2.55. The molecule has 1 N–H and O–H groups in total. The molecule has 1 heterocycles. The highest BCUT2D eigenvalue weighted by Crippen LogP contribution is 2.33. The topological polar surface area (TPSA) is 56.6 Å². The van der Waals surface area contributed by atoms with E-state index in [1.165, 1.54) is 0 Å². The molecule has 24 heavy (non-hydrogen) atoms. The van der Waals surface area contributed by atoms with Crippen molar-refractivity contribution in [1.29, 1.82) is 5.26 Å². The predicted octanol–water partition coefficient (Wildman–Crippen LogP) is 5.65. The number of aromatic amines is 1. The molecule has 118 valence electrons. The number of nitrogens with zero attached hydrogens (tertiary/aromatic N) is 1. The van der Waals surface area contributed by atoms with Gasteiger partial charge in [-0.15, -0.1) is 0 Å². The quantitative estimate of drug-likeness (QED) is 0.583. The number of nitriles is 1. The lowest BCUT2D eigenvalue weighted by atomic mass is 9.99. The fourth-order valence-electron chi connectivity index (χ4n) is 2.38. The van der Waals surface area contributed by atoms with Crippen molar-refractivity contribution in [3.8, 4) is 28.5 Å². The van der Waals surface area contributed by atoms with Gasteiger partial charge in [0.2, 0.25) is 0 Å². The molecule has 1 aromatic heterocycles. The Labute approximate surface area is 156 Å². The summed E-state index contributed by atoms with van der Waals surface area (Å²) in [4.78, 5) is 15.1. The van der Waals surface area contributed by atoms with Crippen LogP contribution in [0.4, 0.5) is 0 Å². The summed E-state index contributed by atoms with van der Waals surface area (Å²) in [5.41, 5.74) is 2.04. The molecule has 2 aromatic carbocycles. The van der Waals surface area contributed by atoms with E-state index in [9.17, 15) is 10.1 Å². The average molecular weight is 420 g/mol. The summed E-state index contributed by atoms with van der Waals surface area (Å²) in [7, 11) is 0. The molecule has 0 spiro atoms. The number of aromatic nitrogens is 1. The van der Waals surface area contributed by atoms with E-state index in [-0.39, 0.29) is 5.56 Å². The van der Waals surface area contributed by atoms with Crippen LogP contribution in [0.2, 0.25) is 10.0 Å². The summed E-state index contributed by atoms with van der Waals surface area (Å²) in [5.74, 6) is 0. The Balaban J connectivity index is 2.27. The number of halogens is 3. The summed E-state index contributed by atoms with van der Waals surface area (Å²) in [5, 5.41) is 10.2. The monoisotopic (exact) mass is 418 g/mol. The van der Waals surface area contributed by atoms with Crippen molar-refractivity contribution < 1.29 is 0 Å². The second kappa shape index (κ2) is 6.82. The van der Waals surface area contributed by atoms with Crippen LogP contribution in [0.25, 0.3) is 22.4 Å². The number of pyridine rings is 1. The van der Waals surface area contributed by atoms with Crippen LogP contribution in [0.15, 0.2) is 57.8 Å². The van der Waals surface area contributed by atoms with Crippen LogP contribution in [0.5, 0.6) is 0 Å². The Hall–Kier alpha value is -2.06. The molecule has 3 aromatic rings. The van der Waals surface area contributed by atoms with Crippen LogP contribution >= 0.6 is 39.1 Å².